The van der Waals surface area contributed by atoms with Gasteiger partial charge in [0.15, 0.2) is 6.10 Å². The number of para-hydroxylation sites is 1. The number of nitrogens with zero attached hydrogens (tertiary/aromatic N) is 4. The fraction of sp³-hybridized carbons (Fsp3) is 0.217. The third-order valence-electron chi connectivity index (χ3n) is 4.93. The summed E-state index contributed by atoms with van der Waals surface area (Å²) in [7, 11) is 0. The van der Waals surface area contributed by atoms with Gasteiger partial charge in [-0.05, 0) is 36.6 Å². The second-order valence-electron chi connectivity index (χ2n) is 7.11. The van der Waals surface area contributed by atoms with Crippen molar-refractivity contribution in [2.24, 2.45) is 0 Å². The van der Waals surface area contributed by atoms with Gasteiger partial charge in [0.1, 0.15) is 5.69 Å². The summed E-state index contributed by atoms with van der Waals surface area (Å²) < 4.78 is 6.98. The van der Waals surface area contributed by atoms with Crippen LogP contribution in [0.25, 0.3) is 6.08 Å². The molecule has 1 aliphatic heterocycles. The molecule has 0 saturated heterocycles. The van der Waals surface area contributed by atoms with Gasteiger partial charge in [0.25, 0.3) is 5.91 Å². The van der Waals surface area contributed by atoms with E-state index < -0.39 is 12.1 Å². The SMILES string of the molecule is C[C@H](OC(=O)/C=C/c1cn(Cc2ccccc2)nn1)C(=O)N1CCc2ccccc21. The number of esters is 1. The highest BCUT2D eigenvalue weighted by Gasteiger charge is 2.29. The molecule has 0 spiro atoms. The molecule has 1 amide bonds. The molecule has 2 heterocycles. The van der Waals surface area contributed by atoms with Gasteiger partial charge < -0.3 is 9.64 Å². The first-order valence-electron chi connectivity index (χ1n) is 9.82. The first-order chi connectivity index (χ1) is 14.6. The highest BCUT2D eigenvalue weighted by atomic mass is 16.5. The number of carbonyl (C=O) groups is 2. The Morgan fingerprint density at radius 3 is 2.73 bits per heavy atom. The molecule has 1 atom stereocenters. The van der Waals surface area contributed by atoms with Gasteiger partial charge in [-0.1, -0.05) is 53.7 Å². The lowest BCUT2D eigenvalue weighted by atomic mass is 10.2. The highest BCUT2D eigenvalue weighted by Crippen LogP contribution is 2.28. The molecule has 0 fully saturated rings. The molecule has 0 N–H and O–H groups in total. The molecule has 2 aromatic carbocycles. The minimum Gasteiger partial charge on any atom is -0.449 e. The van der Waals surface area contributed by atoms with Crippen LogP contribution in [0, 0.1) is 0 Å². The Hall–Kier alpha value is -3.74. The van der Waals surface area contributed by atoms with Crippen molar-refractivity contribution in [1.29, 1.82) is 0 Å². The van der Waals surface area contributed by atoms with Gasteiger partial charge in [-0.25, -0.2) is 9.48 Å². The monoisotopic (exact) mass is 402 g/mol. The predicted molar refractivity (Wildman–Crippen MR) is 113 cm³/mol. The molecular weight excluding hydrogens is 380 g/mol. The smallest absolute Gasteiger partial charge is 0.331 e. The van der Waals surface area contributed by atoms with E-state index in [1.54, 1.807) is 22.7 Å². The van der Waals surface area contributed by atoms with Crippen molar-refractivity contribution in [3.8, 4) is 0 Å². The number of rotatable bonds is 6. The van der Waals surface area contributed by atoms with Crippen LogP contribution in [0.2, 0.25) is 0 Å². The van der Waals surface area contributed by atoms with E-state index in [0.29, 0.717) is 18.8 Å². The second kappa shape index (κ2) is 8.73. The number of benzene rings is 2. The van der Waals surface area contributed by atoms with Gasteiger partial charge in [0, 0.05) is 18.3 Å². The van der Waals surface area contributed by atoms with E-state index in [1.807, 2.05) is 54.6 Å². The molecule has 7 heteroatoms. The number of hydrogen-bond donors (Lipinski definition) is 0. The van der Waals surface area contributed by atoms with E-state index in [4.69, 9.17) is 4.74 Å². The third kappa shape index (κ3) is 4.46. The summed E-state index contributed by atoms with van der Waals surface area (Å²) in [6.07, 6.45) is 4.47. The second-order valence-corrected chi connectivity index (χ2v) is 7.11. The molecule has 152 valence electrons. The topological polar surface area (TPSA) is 77.3 Å². The molecule has 30 heavy (non-hydrogen) atoms. The number of hydrogen-bond acceptors (Lipinski definition) is 5. The quantitative estimate of drug-likeness (QED) is 0.468. The summed E-state index contributed by atoms with van der Waals surface area (Å²) in [5.74, 6) is -0.823. The largest absolute Gasteiger partial charge is 0.449 e. The zero-order chi connectivity index (χ0) is 20.9. The molecular formula is C23H22N4O3. The van der Waals surface area contributed by atoms with Crippen LogP contribution in [0.3, 0.4) is 0 Å². The number of aromatic nitrogens is 3. The van der Waals surface area contributed by atoms with Crippen molar-refractivity contribution < 1.29 is 14.3 Å². The summed E-state index contributed by atoms with van der Waals surface area (Å²) in [6, 6.07) is 17.7. The van der Waals surface area contributed by atoms with Crippen molar-refractivity contribution in [3.63, 3.8) is 0 Å². The van der Waals surface area contributed by atoms with Crippen LogP contribution >= 0.6 is 0 Å². The Kier molecular flexibility index (Phi) is 5.70. The van der Waals surface area contributed by atoms with E-state index >= 15 is 0 Å². The van der Waals surface area contributed by atoms with Crippen LogP contribution in [0.1, 0.15) is 23.7 Å². The van der Waals surface area contributed by atoms with Gasteiger partial charge in [-0.15, -0.1) is 5.10 Å². The molecule has 0 radical (unpaired) electrons. The van der Waals surface area contributed by atoms with E-state index in [9.17, 15) is 9.59 Å². The highest BCUT2D eigenvalue weighted by molar-refractivity contribution is 5.99. The van der Waals surface area contributed by atoms with Crippen LogP contribution in [0.5, 0.6) is 0 Å². The average molecular weight is 402 g/mol. The lowest BCUT2D eigenvalue weighted by molar-refractivity contribution is -0.149. The van der Waals surface area contributed by atoms with Crippen LogP contribution < -0.4 is 4.90 Å². The molecule has 0 unspecified atom stereocenters. The number of ether oxygens (including phenoxy) is 1. The Morgan fingerprint density at radius 2 is 1.90 bits per heavy atom. The number of amides is 1. The summed E-state index contributed by atoms with van der Waals surface area (Å²) in [5, 5.41) is 8.08. The van der Waals surface area contributed by atoms with Crippen molar-refractivity contribution in [3.05, 3.63) is 83.7 Å². The van der Waals surface area contributed by atoms with Crippen LogP contribution in [0.4, 0.5) is 5.69 Å². The van der Waals surface area contributed by atoms with E-state index in [0.717, 1.165) is 23.2 Å². The summed E-state index contributed by atoms with van der Waals surface area (Å²) in [5.41, 5.74) is 3.65. The van der Waals surface area contributed by atoms with E-state index in [1.165, 1.54) is 12.2 Å². The van der Waals surface area contributed by atoms with Gasteiger partial charge in [-0.3, -0.25) is 4.79 Å². The van der Waals surface area contributed by atoms with Gasteiger partial charge in [-0.2, -0.15) is 0 Å². The van der Waals surface area contributed by atoms with Crippen molar-refractivity contribution in [2.45, 2.75) is 26.0 Å². The Morgan fingerprint density at radius 1 is 1.13 bits per heavy atom. The minimum absolute atomic E-state index is 0.226. The predicted octanol–water partition coefficient (Wildman–Crippen LogP) is 2.86. The van der Waals surface area contributed by atoms with E-state index in [-0.39, 0.29) is 5.91 Å². The maximum Gasteiger partial charge on any atom is 0.331 e. The zero-order valence-corrected chi connectivity index (χ0v) is 16.6. The Balaban J connectivity index is 1.32. The van der Waals surface area contributed by atoms with Crippen LogP contribution in [-0.2, 0) is 27.3 Å². The zero-order valence-electron chi connectivity index (χ0n) is 16.6. The summed E-state index contributed by atoms with van der Waals surface area (Å²) in [4.78, 5) is 26.5. The number of fused-ring (bicyclic) bond motifs is 1. The summed E-state index contributed by atoms with van der Waals surface area (Å²) in [6.45, 7) is 2.78. The van der Waals surface area contributed by atoms with Gasteiger partial charge >= 0.3 is 5.97 Å². The Labute approximate surface area is 174 Å². The normalized spacial score (nSPS) is 14.0. The van der Waals surface area contributed by atoms with Crippen molar-refractivity contribution in [1.82, 2.24) is 15.0 Å². The lowest BCUT2D eigenvalue weighted by Gasteiger charge is -2.21. The lowest BCUT2D eigenvalue weighted by Crippen LogP contribution is -2.38. The average Bonchev–Trinajstić information content (AvgIpc) is 3.39. The molecule has 1 aliphatic rings. The fourth-order valence-corrected chi connectivity index (χ4v) is 3.44. The molecule has 1 aromatic heterocycles. The minimum atomic E-state index is -0.873. The van der Waals surface area contributed by atoms with Crippen LogP contribution in [0.15, 0.2) is 66.9 Å². The van der Waals surface area contributed by atoms with Crippen molar-refractivity contribution in [2.75, 3.05) is 11.4 Å². The first kappa shape index (κ1) is 19.6. The molecule has 0 aliphatic carbocycles. The maximum absolute atomic E-state index is 12.7. The maximum atomic E-state index is 12.7. The molecule has 0 bridgehead atoms. The van der Waals surface area contributed by atoms with Gasteiger partial charge in [0.05, 0.1) is 12.7 Å². The van der Waals surface area contributed by atoms with E-state index in [2.05, 4.69) is 10.3 Å². The number of carbonyl (C=O) groups excluding carboxylic acids is 2. The van der Waals surface area contributed by atoms with Crippen LogP contribution in [-0.4, -0.2) is 39.5 Å². The van der Waals surface area contributed by atoms with Crippen molar-refractivity contribution >= 4 is 23.6 Å². The summed E-state index contributed by atoms with van der Waals surface area (Å²) >= 11 is 0. The number of anilines is 1. The first-order valence-corrected chi connectivity index (χ1v) is 9.82. The standard InChI is InChI=1S/C23H22N4O3/c1-17(23(29)27-14-13-19-9-5-6-10-21(19)27)30-22(28)12-11-20-16-26(25-24-20)15-18-7-3-2-4-8-18/h2-12,16-17H,13-15H2,1H3/b12-11+/t17-/m0/s1. The Bertz CT molecular complexity index is 1070. The van der Waals surface area contributed by atoms with Gasteiger partial charge in [0.2, 0.25) is 0 Å². The third-order valence-corrected chi connectivity index (χ3v) is 4.93. The fourth-order valence-electron chi connectivity index (χ4n) is 3.44. The molecule has 4 rings (SSSR count). The molecule has 3 aromatic rings. The molecule has 0 saturated carbocycles. The molecule has 7 nitrogen and oxygen atoms in total.